The Morgan fingerprint density at radius 3 is 2.09 bits per heavy atom. The molecule has 0 atom stereocenters. The highest BCUT2D eigenvalue weighted by Crippen LogP contribution is 2.39. The second-order valence-electron chi connectivity index (χ2n) is 7.77. The van der Waals surface area contributed by atoms with Gasteiger partial charge in [0.2, 0.25) is 0 Å². The molecule has 0 aliphatic carbocycles. The van der Waals surface area contributed by atoms with E-state index in [4.69, 9.17) is 14.5 Å². The average molecular weight is 474 g/mol. The van der Waals surface area contributed by atoms with E-state index in [1.54, 1.807) is 6.08 Å². The number of carbonyl (C=O) groups excluding carboxylic acids is 2. The summed E-state index contributed by atoms with van der Waals surface area (Å²) in [6.45, 7) is 7.36. The summed E-state index contributed by atoms with van der Waals surface area (Å²) in [5, 5.41) is 3.29. The molecule has 0 unspecified atom stereocenters. The van der Waals surface area contributed by atoms with Crippen molar-refractivity contribution in [3.8, 4) is 11.1 Å². The third-order valence-electron chi connectivity index (χ3n) is 5.69. The number of hydrogen-bond donors (Lipinski definition) is 1. The Kier molecular flexibility index (Phi) is 8.62. The smallest absolute Gasteiger partial charge is 0.357 e. The number of anilines is 2. The number of pyridine rings is 1. The summed E-state index contributed by atoms with van der Waals surface area (Å²) in [6.07, 6.45) is 1.72. The number of ether oxygens (including phenoxy) is 2. The largest absolute Gasteiger partial charge is 0.464 e. The van der Waals surface area contributed by atoms with Crippen molar-refractivity contribution in [1.29, 1.82) is 0 Å². The van der Waals surface area contributed by atoms with Crippen LogP contribution in [0.4, 0.5) is 11.5 Å². The van der Waals surface area contributed by atoms with Crippen LogP contribution in [0.3, 0.4) is 0 Å². The molecule has 1 N–H and O–H groups in total. The molecule has 3 rings (SSSR count). The average Bonchev–Trinajstić information content (AvgIpc) is 2.90. The van der Waals surface area contributed by atoms with Gasteiger partial charge in [-0.2, -0.15) is 0 Å². The van der Waals surface area contributed by atoms with Gasteiger partial charge in [0, 0.05) is 24.2 Å². The first-order chi connectivity index (χ1) is 16.9. The summed E-state index contributed by atoms with van der Waals surface area (Å²) in [5.74, 6) is -0.457. The molecular weight excluding hydrogens is 442 g/mol. The number of carbonyl (C=O) groups is 2. The van der Waals surface area contributed by atoms with Crippen molar-refractivity contribution in [2.75, 3.05) is 37.5 Å². The maximum atomic E-state index is 13.0. The Morgan fingerprint density at radius 1 is 0.943 bits per heavy atom. The number of hydrogen-bond acceptors (Lipinski definition) is 7. The normalized spacial score (nSPS) is 11.1. The van der Waals surface area contributed by atoms with Gasteiger partial charge in [-0.15, -0.1) is 0 Å². The molecule has 1 heterocycles. The Balaban J connectivity index is 2.35. The SMILES string of the molecule is CCN(CC)c1nc(C(=O)OC)c(-c2ccccc2)c(N/C(=C/c2ccccc2)C(=O)OC)c1C. The zero-order valence-corrected chi connectivity index (χ0v) is 20.8. The van der Waals surface area contributed by atoms with Gasteiger partial charge in [-0.25, -0.2) is 14.6 Å². The Bertz CT molecular complexity index is 1200. The van der Waals surface area contributed by atoms with Gasteiger partial charge in [-0.05, 0) is 38.0 Å². The summed E-state index contributed by atoms with van der Waals surface area (Å²) in [5.41, 5.74) is 3.91. The van der Waals surface area contributed by atoms with Gasteiger partial charge in [0.25, 0.3) is 0 Å². The second-order valence-corrected chi connectivity index (χ2v) is 7.77. The first kappa shape index (κ1) is 25.5. The molecule has 7 nitrogen and oxygen atoms in total. The molecule has 3 aromatic rings. The van der Waals surface area contributed by atoms with Crippen LogP contribution in [0.25, 0.3) is 17.2 Å². The third kappa shape index (κ3) is 5.69. The summed E-state index contributed by atoms with van der Waals surface area (Å²) in [6, 6.07) is 18.9. The van der Waals surface area contributed by atoms with Crippen molar-refractivity contribution in [2.24, 2.45) is 0 Å². The first-order valence-corrected chi connectivity index (χ1v) is 11.5. The van der Waals surface area contributed by atoms with Crippen LogP contribution in [-0.2, 0) is 14.3 Å². The van der Waals surface area contributed by atoms with Crippen molar-refractivity contribution >= 4 is 29.5 Å². The van der Waals surface area contributed by atoms with Gasteiger partial charge in [-0.1, -0.05) is 60.7 Å². The van der Waals surface area contributed by atoms with E-state index >= 15 is 0 Å². The summed E-state index contributed by atoms with van der Waals surface area (Å²) >= 11 is 0. The summed E-state index contributed by atoms with van der Waals surface area (Å²) in [4.78, 5) is 32.6. The fraction of sp³-hybridized carbons (Fsp3) is 0.250. The minimum Gasteiger partial charge on any atom is -0.464 e. The molecular formula is C28H31N3O4. The number of benzene rings is 2. The van der Waals surface area contributed by atoms with Crippen LogP contribution in [0.15, 0.2) is 66.4 Å². The molecule has 0 spiro atoms. The van der Waals surface area contributed by atoms with Crippen LogP contribution in [-0.4, -0.2) is 44.2 Å². The first-order valence-electron chi connectivity index (χ1n) is 11.5. The molecule has 1 aromatic heterocycles. The molecule has 0 saturated heterocycles. The van der Waals surface area contributed by atoms with Crippen LogP contribution >= 0.6 is 0 Å². The van der Waals surface area contributed by atoms with Crippen molar-refractivity contribution in [3.63, 3.8) is 0 Å². The summed E-state index contributed by atoms with van der Waals surface area (Å²) < 4.78 is 10.2. The Hall–Kier alpha value is -4.13. The number of methoxy groups -OCH3 is 2. The van der Waals surface area contributed by atoms with Crippen LogP contribution in [0, 0.1) is 6.92 Å². The van der Waals surface area contributed by atoms with Gasteiger partial charge in [-0.3, -0.25) is 0 Å². The lowest BCUT2D eigenvalue weighted by atomic mass is 9.98. The van der Waals surface area contributed by atoms with E-state index in [0.29, 0.717) is 30.2 Å². The Labute approximate surface area is 206 Å². The molecule has 0 saturated carbocycles. The van der Waals surface area contributed by atoms with Gasteiger partial charge < -0.3 is 19.7 Å². The van der Waals surface area contributed by atoms with Gasteiger partial charge in [0.05, 0.1) is 19.9 Å². The lowest BCUT2D eigenvalue weighted by Crippen LogP contribution is -2.26. The van der Waals surface area contributed by atoms with Crippen molar-refractivity contribution in [3.05, 3.63) is 83.2 Å². The quantitative estimate of drug-likeness (QED) is 0.333. The second kappa shape index (κ2) is 11.8. The fourth-order valence-electron chi connectivity index (χ4n) is 3.89. The molecule has 0 bridgehead atoms. The number of esters is 2. The summed E-state index contributed by atoms with van der Waals surface area (Å²) in [7, 11) is 2.67. The van der Waals surface area contributed by atoms with Crippen LogP contribution in [0.5, 0.6) is 0 Å². The minimum atomic E-state index is -0.563. The lowest BCUT2D eigenvalue weighted by molar-refractivity contribution is -0.135. The number of nitrogens with one attached hydrogen (secondary N) is 1. The predicted octanol–water partition coefficient (Wildman–Crippen LogP) is 5.32. The van der Waals surface area contributed by atoms with Crippen molar-refractivity contribution in [1.82, 2.24) is 4.98 Å². The molecule has 2 aromatic carbocycles. The highest BCUT2D eigenvalue weighted by Gasteiger charge is 2.27. The van der Waals surface area contributed by atoms with Gasteiger partial charge in [0.1, 0.15) is 11.5 Å². The highest BCUT2D eigenvalue weighted by atomic mass is 16.5. The molecule has 0 radical (unpaired) electrons. The van der Waals surface area contributed by atoms with E-state index in [2.05, 4.69) is 10.2 Å². The molecule has 7 heteroatoms. The molecule has 0 fully saturated rings. The van der Waals surface area contributed by atoms with E-state index in [9.17, 15) is 9.59 Å². The maximum absolute atomic E-state index is 13.0. The standard InChI is InChI=1S/C28H31N3O4/c1-6-31(7-2)26-19(3)24(29-22(27(32)34-4)18-20-14-10-8-11-15-20)23(21-16-12-9-13-17-21)25(30-26)28(33)35-5/h8-18H,6-7H2,1-5H3,(H,29,30)/b22-18+. The zero-order chi connectivity index (χ0) is 25.4. The topological polar surface area (TPSA) is 80.8 Å². The molecule has 35 heavy (non-hydrogen) atoms. The van der Waals surface area contributed by atoms with Gasteiger partial charge in [0.15, 0.2) is 5.69 Å². The molecule has 182 valence electrons. The Morgan fingerprint density at radius 2 is 1.54 bits per heavy atom. The molecule has 0 amide bonds. The molecule has 0 aliphatic heterocycles. The third-order valence-corrected chi connectivity index (χ3v) is 5.69. The van der Waals surface area contributed by atoms with E-state index in [-0.39, 0.29) is 11.4 Å². The van der Waals surface area contributed by atoms with Crippen LogP contribution in [0.2, 0.25) is 0 Å². The van der Waals surface area contributed by atoms with E-state index in [1.165, 1.54) is 14.2 Å². The van der Waals surface area contributed by atoms with Crippen LogP contribution < -0.4 is 10.2 Å². The highest BCUT2D eigenvalue weighted by molar-refractivity contribution is 6.04. The molecule has 0 aliphatic rings. The van der Waals surface area contributed by atoms with E-state index in [0.717, 1.165) is 16.7 Å². The maximum Gasteiger partial charge on any atom is 0.357 e. The number of aromatic nitrogens is 1. The number of nitrogens with zero attached hydrogens (tertiary/aromatic N) is 2. The number of rotatable bonds is 9. The fourth-order valence-corrected chi connectivity index (χ4v) is 3.89. The van der Waals surface area contributed by atoms with Crippen molar-refractivity contribution in [2.45, 2.75) is 20.8 Å². The van der Waals surface area contributed by atoms with E-state index < -0.39 is 11.9 Å². The van der Waals surface area contributed by atoms with Crippen LogP contribution in [0.1, 0.15) is 35.5 Å². The monoisotopic (exact) mass is 473 g/mol. The zero-order valence-electron chi connectivity index (χ0n) is 20.8. The van der Waals surface area contributed by atoms with Gasteiger partial charge >= 0.3 is 11.9 Å². The predicted molar refractivity (Wildman–Crippen MR) is 139 cm³/mol. The lowest BCUT2D eigenvalue weighted by Gasteiger charge is -2.27. The minimum absolute atomic E-state index is 0.164. The van der Waals surface area contributed by atoms with E-state index in [1.807, 2.05) is 81.4 Å². The van der Waals surface area contributed by atoms with Crippen molar-refractivity contribution < 1.29 is 19.1 Å².